The lowest BCUT2D eigenvalue weighted by molar-refractivity contribution is 0.193. The largest absolute Gasteiger partial charge is 0.381 e. The zero-order chi connectivity index (χ0) is 17.1. The van der Waals surface area contributed by atoms with Gasteiger partial charge in [0.05, 0.1) is 18.8 Å². The number of hydrogen-bond donors (Lipinski definition) is 0. The van der Waals surface area contributed by atoms with Gasteiger partial charge in [-0.05, 0) is 18.6 Å². The van der Waals surface area contributed by atoms with Gasteiger partial charge in [-0.1, -0.05) is 5.16 Å². The van der Waals surface area contributed by atoms with E-state index in [0.717, 1.165) is 36.7 Å². The second-order valence-corrected chi connectivity index (χ2v) is 5.97. The Hall–Kier alpha value is -2.87. The van der Waals surface area contributed by atoms with E-state index in [2.05, 4.69) is 25.1 Å². The van der Waals surface area contributed by atoms with Gasteiger partial charge < -0.3 is 14.2 Å². The summed E-state index contributed by atoms with van der Waals surface area (Å²) in [6.07, 6.45) is 5.99. The highest BCUT2D eigenvalue weighted by Crippen LogP contribution is 2.25. The summed E-state index contributed by atoms with van der Waals surface area (Å²) in [6, 6.07) is 5.69. The van der Waals surface area contributed by atoms with Crippen LogP contribution in [0.3, 0.4) is 0 Å². The predicted octanol–water partition coefficient (Wildman–Crippen LogP) is 2.06. The van der Waals surface area contributed by atoms with Crippen molar-refractivity contribution in [2.24, 2.45) is 0 Å². The van der Waals surface area contributed by atoms with E-state index in [1.54, 1.807) is 18.7 Å². The van der Waals surface area contributed by atoms with Crippen molar-refractivity contribution in [3.05, 3.63) is 48.5 Å². The lowest BCUT2D eigenvalue weighted by Crippen LogP contribution is -2.18. The molecule has 128 valence electrons. The molecule has 0 bridgehead atoms. The summed E-state index contributed by atoms with van der Waals surface area (Å²) in [7, 11) is 1.94. The molecule has 0 radical (unpaired) electrons. The summed E-state index contributed by atoms with van der Waals surface area (Å²) in [6.45, 7) is 1.98. The number of rotatable bonds is 5. The first-order chi connectivity index (χ1) is 12.3. The van der Waals surface area contributed by atoms with Crippen molar-refractivity contribution in [1.29, 1.82) is 0 Å². The highest BCUT2D eigenvalue weighted by Gasteiger charge is 2.20. The summed E-state index contributed by atoms with van der Waals surface area (Å²) in [5.74, 6) is 2.24. The standard InChI is InChI=1S/C17H18N6O2/c1-23(15-8-14(19-11-20-15)13-4-7-24-10-13)9-16-21-17(22-25-16)12-2-5-18-6-3-12/h2-3,5-6,8,11,13H,4,7,9-10H2,1H3/t13-/m1/s1. The summed E-state index contributed by atoms with van der Waals surface area (Å²) < 4.78 is 10.8. The Kier molecular flexibility index (Phi) is 4.34. The van der Waals surface area contributed by atoms with Gasteiger partial charge >= 0.3 is 0 Å². The van der Waals surface area contributed by atoms with E-state index in [-0.39, 0.29) is 0 Å². The van der Waals surface area contributed by atoms with Gasteiger partial charge in [-0.3, -0.25) is 4.98 Å². The molecule has 25 heavy (non-hydrogen) atoms. The summed E-state index contributed by atoms with van der Waals surface area (Å²) in [5, 5.41) is 4.02. The van der Waals surface area contributed by atoms with Crippen LogP contribution < -0.4 is 4.90 Å². The first-order valence-electron chi connectivity index (χ1n) is 8.13. The molecule has 4 rings (SSSR count). The molecule has 8 nitrogen and oxygen atoms in total. The van der Waals surface area contributed by atoms with E-state index in [4.69, 9.17) is 9.26 Å². The van der Waals surface area contributed by atoms with Crippen molar-refractivity contribution in [1.82, 2.24) is 25.1 Å². The molecule has 1 fully saturated rings. The van der Waals surface area contributed by atoms with Gasteiger partial charge in [0.1, 0.15) is 12.1 Å². The van der Waals surface area contributed by atoms with Crippen molar-refractivity contribution in [3.63, 3.8) is 0 Å². The molecule has 3 aromatic rings. The molecule has 3 aromatic heterocycles. The van der Waals surface area contributed by atoms with E-state index < -0.39 is 0 Å². The van der Waals surface area contributed by atoms with Crippen LogP contribution >= 0.6 is 0 Å². The van der Waals surface area contributed by atoms with Crippen molar-refractivity contribution in [3.8, 4) is 11.4 Å². The molecule has 1 aliphatic heterocycles. The van der Waals surface area contributed by atoms with Crippen molar-refractivity contribution >= 4 is 5.82 Å². The van der Waals surface area contributed by atoms with Crippen LogP contribution in [0.2, 0.25) is 0 Å². The minimum absolute atomic E-state index is 0.344. The summed E-state index contributed by atoms with van der Waals surface area (Å²) in [4.78, 5) is 19.1. The maximum atomic E-state index is 5.44. The molecule has 1 saturated heterocycles. The highest BCUT2D eigenvalue weighted by molar-refractivity contribution is 5.52. The van der Waals surface area contributed by atoms with Crippen LogP contribution in [-0.2, 0) is 11.3 Å². The van der Waals surface area contributed by atoms with Crippen LogP contribution in [-0.4, -0.2) is 45.4 Å². The zero-order valence-corrected chi connectivity index (χ0v) is 13.9. The molecule has 0 spiro atoms. The molecule has 0 aromatic carbocycles. The SMILES string of the molecule is CN(Cc1nc(-c2ccncc2)no1)c1cc([C@@H]2CCOC2)ncn1. The molecule has 0 N–H and O–H groups in total. The fraction of sp³-hybridized carbons (Fsp3) is 0.353. The lowest BCUT2D eigenvalue weighted by Gasteiger charge is -2.17. The van der Waals surface area contributed by atoms with E-state index in [1.165, 1.54) is 0 Å². The van der Waals surface area contributed by atoms with Gasteiger partial charge in [-0.2, -0.15) is 4.98 Å². The second-order valence-electron chi connectivity index (χ2n) is 5.97. The Morgan fingerprint density at radius 3 is 2.92 bits per heavy atom. The molecule has 0 aliphatic carbocycles. The van der Waals surface area contributed by atoms with Crippen LogP contribution in [0.5, 0.6) is 0 Å². The van der Waals surface area contributed by atoms with Gasteiger partial charge in [0.15, 0.2) is 0 Å². The minimum Gasteiger partial charge on any atom is -0.381 e. The topological polar surface area (TPSA) is 90.1 Å². The average molecular weight is 338 g/mol. The van der Waals surface area contributed by atoms with Gasteiger partial charge in [-0.15, -0.1) is 0 Å². The van der Waals surface area contributed by atoms with Gasteiger partial charge in [0, 0.05) is 43.6 Å². The number of hydrogen-bond acceptors (Lipinski definition) is 8. The third kappa shape index (κ3) is 3.48. The average Bonchev–Trinajstić information content (AvgIpc) is 3.35. The summed E-state index contributed by atoms with van der Waals surface area (Å²) in [5.41, 5.74) is 1.88. The summed E-state index contributed by atoms with van der Waals surface area (Å²) >= 11 is 0. The molecule has 4 heterocycles. The number of aromatic nitrogens is 5. The molecular formula is C17H18N6O2. The number of anilines is 1. The van der Waals surface area contributed by atoms with Gasteiger partial charge in [-0.25, -0.2) is 9.97 Å². The molecule has 0 unspecified atom stereocenters. The molecular weight excluding hydrogens is 320 g/mol. The fourth-order valence-electron chi connectivity index (χ4n) is 2.78. The highest BCUT2D eigenvalue weighted by atomic mass is 16.5. The van der Waals surface area contributed by atoms with Gasteiger partial charge in [0.25, 0.3) is 0 Å². The van der Waals surface area contributed by atoms with E-state index >= 15 is 0 Å². The van der Waals surface area contributed by atoms with Crippen molar-refractivity contribution in [2.75, 3.05) is 25.2 Å². The van der Waals surface area contributed by atoms with Crippen LogP contribution in [0.25, 0.3) is 11.4 Å². The number of pyridine rings is 1. The molecule has 8 heteroatoms. The first kappa shape index (κ1) is 15.6. The molecule has 1 aliphatic rings. The molecule has 0 saturated carbocycles. The Morgan fingerprint density at radius 2 is 2.12 bits per heavy atom. The fourth-order valence-corrected chi connectivity index (χ4v) is 2.78. The Labute approximate surface area is 144 Å². The first-order valence-corrected chi connectivity index (χ1v) is 8.13. The monoisotopic (exact) mass is 338 g/mol. The zero-order valence-electron chi connectivity index (χ0n) is 13.9. The third-order valence-corrected chi connectivity index (χ3v) is 4.19. The maximum Gasteiger partial charge on any atom is 0.246 e. The minimum atomic E-state index is 0.344. The maximum absolute atomic E-state index is 5.44. The Morgan fingerprint density at radius 1 is 1.24 bits per heavy atom. The normalized spacial score (nSPS) is 16.9. The van der Waals surface area contributed by atoms with Crippen molar-refractivity contribution < 1.29 is 9.26 Å². The number of ether oxygens (including phenoxy) is 1. The quantitative estimate of drug-likeness (QED) is 0.698. The van der Waals surface area contributed by atoms with E-state index in [9.17, 15) is 0 Å². The van der Waals surface area contributed by atoms with Crippen molar-refractivity contribution in [2.45, 2.75) is 18.9 Å². The van der Waals surface area contributed by atoms with Crippen LogP contribution in [0.4, 0.5) is 5.82 Å². The Bertz CT molecular complexity index is 832. The van der Waals surface area contributed by atoms with Crippen LogP contribution in [0.15, 0.2) is 41.4 Å². The predicted molar refractivity (Wildman–Crippen MR) is 89.8 cm³/mol. The molecule has 0 amide bonds. The van der Waals surface area contributed by atoms with Crippen LogP contribution in [0.1, 0.15) is 23.9 Å². The second kappa shape index (κ2) is 6.94. The molecule has 1 atom stereocenters. The van der Waals surface area contributed by atoms with E-state index in [0.29, 0.717) is 24.2 Å². The number of nitrogens with zero attached hydrogens (tertiary/aromatic N) is 6. The van der Waals surface area contributed by atoms with Crippen LogP contribution in [0, 0.1) is 0 Å². The van der Waals surface area contributed by atoms with E-state index in [1.807, 2.05) is 30.1 Å². The van der Waals surface area contributed by atoms with Gasteiger partial charge in [0.2, 0.25) is 11.7 Å². The Balaban J connectivity index is 1.48. The smallest absolute Gasteiger partial charge is 0.246 e. The lowest BCUT2D eigenvalue weighted by atomic mass is 10.0. The third-order valence-electron chi connectivity index (χ3n) is 4.19.